The molecular formula is C29H36Cl2N10O2. The van der Waals surface area contributed by atoms with Crippen molar-refractivity contribution in [1.82, 2.24) is 0 Å². The lowest BCUT2D eigenvalue weighted by molar-refractivity contribution is 0.0697. The fourth-order valence-corrected chi connectivity index (χ4v) is 3.53. The molecular weight excluding hydrogens is 591 g/mol. The zero-order valence-corrected chi connectivity index (χ0v) is 25.0. The highest BCUT2D eigenvalue weighted by Gasteiger charge is 1.99. The second-order valence-electron chi connectivity index (χ2n) is 8.82. The Morgan fingerprint density at radius 3 is 1.37 bits per heavy atom. The standard InChI is InChI=1S/C22H30Cl2N10.C7H6O2/c23-15-5-9-17(10-6-15)31-21(27)33-19(25)29-13-3-1-2-4-14-30-20(26)34-22(28)32-18-11-7-16(24)8-12-18;8-7(9)6-4-2-1-3-5-6/h5-12H,1-4,13-14H2,(H5,25,27,29,31,33)(H5,26,28,30,32,34);1-5H,(H,8,9). The minimum absolute atomic E-state index is 0.124. The summed E-state index contributed by atoms with van der Waals surface area (Å²) in [6, 6.07) is 22.4. The number of aliphatic imine (C=N–C) groups is 4. The van der Waals surface area contributed by atoms with Crippen LogP contribution in [0.25, 0.3) is 0 Å². The van der Waals surface area contributed by atoms with Crippen molar-refractivity contribution >= 4 is 64.4 Å². The zero-order chi connectivity index (χ0) is 31.5. The predicted molar refractivity (Wildman–Crippen MR) is 178 cm³/mol. The minimum Gasteiger partial charge on any atom is -0.478 e. The molecule has 11 N–H and O–H groups in total. The summed E-state index contributed by atoms with van der Waals surface area (Å²) >= 11 is 11.7. The first-order valence-electron chi connectivity index (χ1n) is 13.2. The monoisotopic (exact) mass is 626 g/mol. The van der Waals surface area contributed by atoms with Crippen molar-refractivity contribution < 1.29 is 9.90 Å². The number of aromatic carboxylic acids is 1. The van der Waals surface area contributed by atoms with Gasteiger partial charge in [-0.05, 0) is 73.5 Å². The van der Waals surface area contributed by atoms with Crippen molar-refractivity contribution in [2.75, 3.05) is 23.7 Å². The van der Waals surface area contributed by atoms with Gasteiger partial charge in [0.05, 0.1) is 5.56 Å². The molecule has 3 aromatic carbocycles. The Bertz CT molecular complexity index is 1310. The van der Waals surface area contributed by atoms with Crippen molar-refractivity contribution in [2.45, 2.75) is 25.7 Å². The number of anilines is 2. The van der Waals surface area contributed by atoms with Gasteiger partial charge in [-0.1, -0.05) is 54.2 Å². The average molecular weight is 628 g/mol. The van der Waals surface area contributed by atoms with Gasteiger partial charge in [-0.25, -0.2) is 4.79 Å². The molecule has 0 bridgehead atoms. The van der Waals surface area contributed by atoms with Crippen LogP contribution in [0.15, 0.2) is 98.8 Å². The smallest absolute Gasteiger partial charge is 0.335 e. The van der Waals surface area contributed by atoms with Crippen molar-refractivity contribution in [1.29, 1.82) is 0 Å². The number of nitrogens with zero attached hydrogens (tertiary/aromatic N) is 4. The number of carbonyl (C=O) groups is 1. The molecule has 0 unspecified atom stereocenters. The van der Waals surface area contributed by atoms with Crippen molar-refractivity contribution in [2.24, 2.45) is 42.9 Å². The summed E-state index contributed by atoms with van der Waals surface area (Å²) in [5.41, 5.74) is 25.1. The third-order valence-electron chi connectivity index (χ3n) is 5.34. The molecule has 0 spiro atoms. The van der Waals surface area contributed by atoms with Gasteiger partial charge in [0.2, 0.25) is 23.8 Å². The summed E-state index contributed by atoms with van der Waals surface area (Å²) in [6.07, 6.45) is 3.68. The Labute approximate surface area is 260 Å². The molecule has 12 nitrogen and oxygen atoms in total. The van der Waals surface area contributed by atoms with Gasteiger partial charge in [0.25, 0.3) is 0 Å². The molecule has 0 saturated carbocycles. The number of rotatable bonds is 10. The molecule has 43 heavy (non-hydrogen) atoms. The lowest BCUT2D eigenvalue weighted by Gasteiger charge is -2.05. The molecule has 0 aliphatic carbocycles. The Morgan fingerprint density at radius 1 is 0.628 bits per heavy atom. The molecule has 0 fully saturated rings. The number of unbranched alkanes of at least 4 members (excludes halogenated alkanes) is 3. The van der Waals surface area contributed by atoms with E-state index in [4.69, 9.17) is 51.2 Å². The Morgan fingerprint density at radius 2 is 1.02 bits per heavy atom. The van der Waals surface area contributed by atoms with E-state index in [0.717, 1.165) is 37.1 Å². The van der Waals surface area contributed by atoms with Gasteiger partial charge in [-0.15, -0.1) is 0 Å². The van der Waals surface area contributed by atoms with Gasteiger partial charge in [0.15, 0.2) is 0 Å². The fourth-order valence-electron chi connectivity index (χ4n) is 3.28. The number of nitrogens with one attached hydrogen (secondary N) is 2. The fraction of sp³-hybridized carbons (Fsp3) is 0.207. The third kappa shape index (κ3) is 15.7. The van der Waals surface area contributed by atoms with E-state index in [2.05, 4.69) is 30.6 Å². The number of hydrogen-bond acceptors (Lipinski definition) is 3. The molecule has 14 heteroatoms. The summed E-state index contributed by atoms with van der Waals surface area (Å²) in [7, 11) is 0. The number of benzene rings is 3. The summed E-state index contributed by atoms with van der Waals surface area (Å²) in [4.78, 5) is 26.7. The third-order valence-corrected chi connectivity index (χ3v) is 5.84. The van der Waals surface area contributed by atoms with Crippen LogP contribution in [0.2, 0.25) is 10.0 Å². The second-order valence-corrected chi connectivity index (χ2v) is 9.70. The topological polar surface area (TPSA) is 215 Å². The summed E-state index contributed by atoms with van der Waals surface area (Å²) in [6.45, 7) is 1.12. The van der Waals surface area contributed by atoms with E-state index in [-0.39, 0.29) is 23.8 Å². The van der Waals surface area contributed by atoms with Crippen LogP contribution in [0.5, 0.6) is 0 Å². The molecule has 3 aromatic rings. The maximum absolute atomic E-state index is 10.2. The number of hydrogen-bond donors (Lipinski definition) is 7. The lowest BCUT2D eigenvalue weighted by atomic mass is 10.2. The maximum Gasteiger partial charge on any atom is 0.335 e. The van der Waals surface area contributed by atoms with Crippen molar-refractivity contribution in [3.8, 4) is 0 Å². The average Bonchev–Trinajstić information content (AvgIpc) is 2.97. The van der Waals surface area contributed by atoms with Gasteiger partial charge < -0.3 is 38.7 Å². The van der Waals surface area contributed by atoms with Crippen molar-refractivity contribution in [3.63, 3.8) is 0 Å². The van der Waals surface area contributed by atoms with E-state index in [1.54, 1.807) is 78.9 Å². The first-order chi connectivity index (χ1) is 20.6. The maximum atomic E-state index is 10.2. The number of carboxylic acid groups (broad SMARTS) is 1. The SMILES string of the molecule is NC(=NCCCCCCN=C(N)/N=C(\N)Nc1ccc(Cl)cc1)/N=C(\N)Nc1ccc(Cl)cc1.O=C(O)c1ccccc1. The van der Waals surface area contributed by atoms with Crippen LogP contribution >= 0.6 is 23.2 Å². The zero-order valence-electron chi connectivity index (χ0n) is 23.5. The summed E-state index contributed by atoms with van der Waals surface area (Å²) in [5.74, 6) is -0.315. The molecule has 3 rings (SSSR count). The highest BCUT2D eigenvalue weighted by atomic mass is 35.5. The van der Waals surface area contributed by atoms with Crippen LogP contribution in [0.4, 0.5) is 11.4 Å². The van der Waals surface area contributed by atoms with Crippen LogP contribution < -0.4 is 33.6 Å². The molecule has 0 radical (unpaired) electrons. The number of carboxylic acids is 1. The van der Waals surface area contributed by atoms with Gasteiger partial charge in [0.1, 0.15) is 0 Å². The molecule has 0 atom stereocenters. The quantitative estimate of drug-likeness (QED) is 0.0946. The molecule has 0 saturated heterocycles. The van der Waals surface area contributed by atoms with Crippen LogP contribution in [0, 0.1) is 0 Å². The van der Waals surface area contributed by atoms with E-state index in [1.165, 1.54) is 0 Å². The van der Waals surface area contributed by atoms with Crippen LogP contribution in [0.1, 0.15) is 36.0 Å². The van der Waals surface area contributed by atoms with Gasteiger partial charge in [0, 0.05) is 34.5 Å². The highest BCUT2D eigenvalue weighted by Crippen LogP contribution is 2.13. The van der Waals surface area contributed by atoms with E-state index >= 15 is 0 Å². The number of nitrogens with two attached hydrogens (primary N) is 4. The van der Waals surface area contributed by atoms with Crippen LogP contribution in [-0.4, -0.2) is 48.0 Å². The van der Waals surface area contributed by atoms with Crippen LogP contribution in [0.3, 0.4) is 0 Å². The van der Waals surface area contributed by atoms with E-state index < -0.39 is 5.97 Å². The second kappa shape index (κ2) is 19.3. The Balaban J connectivity index is 0.000000609. The molecule has 0 aliphatic rings. The Hall–Kier alpha value is -4.81. The van der Waals surface area contributed by atoms with E-state index in [0.29, 0.717) is 28.7 Å². The normalized spacial score (nSPS) is 12.2. The lowest BCUT2D eigenvalue weighted by Crippen LogP contribution is -2.26. The van der Waals surface area contributed by atoms with E-state index in [1.807, 2.05) is 0 Å². The largest absolute Gasteiger partial charge is 0.478 e. The Kier molecular flexibility index (Phi) is 15.5. The van der Waals surface area contributed by atoms with Crippen LogP contribution in [-0.2, 0) is 0 Å². The first kappa shape index (κ1) is 34.4. The first-order valence-corrected chi connectivity index (χ1v) is 14.0. The molecule has 0 aromatic heterocycles. The molecule has 0 amide bonds. The van der Waals surface area contributed by atoms with Gasteiger partial charge in [-0.2, -0.15) is 9.98 Å². The highest BCUT2D eigenvalue weighted by molar-refractivity contribution is 6.31. The number of guanidine groups is 4. The summed E-state index contributed by atoms with van der Waals surface area (Å²) < 4.78 is 0. The molecule has 0 aliphatic heterocycles. The van der Waals surface area contributed by atoms with Gasteiger partial charge in [-0.3, -0.25) is 9.98 Å². The van der Waals surface area contributed by atoms with Crippen molar-refractivity contribution in [3.05, 3.63) is 94.5 Å². The minimum atomic E-state index is -0.879. The molecule has 228 valence electrons. The summed E-state index contributed by atoms with van der Waals surface area (Å²) in [5, 5.41) is 15.5. The number of halogens is 2. The van der Waals surface area contributed by atoms with E-state index in [9.17, 15) is 4.79 Å². The van der Waals surface area contributed by atoms with Gasteiger partial charge >= 0.3 is 5.97 Å². The molecule has 0 heterocycles. The predicted octanol–water partition coefficient (Wildman–Crippen LogP) is 4.72.